The highest BCUT2D eigenvalue weighted by atomic mass is 19.1. The van der Waals surface area contributed by atoms with Gasteiger partial charge in [-0.25, -0.2) is 4.39 Å². The minimum Gasteiger partial charge on any atom is -0.497 e. The van der Waals surface area contributed by atoms with Crippen LogP contribution in [0.25, 0.3) is 6.08 Å². The van der Waals surface area contributed by atoms with E-state index in [-0.39, 0.29) is 5.82 Å². The maximum absolute atomic E-state index is 13.7. The van der Waals surface area contributed by atoms with Gasteiger partial charge in [-0.2, -0.15) is 0 Å². The molecule has 1 heterocycles. The van der Waals surface area contributed by atoms with Crippen molar-refractivity contribution in [2.45, 2.75) is 26.0 Å². The zero-order valence-electron chi connectivity index (χ0n) is 19.8. The van der Waals surface area contributed by atoms with Crippen molar-refractivity contribution in [2.75, 3.05) is 12.0 Å². The average Bonchev–Trinajstić information content (AvgIpc) is 3.08. The maximum atomic E-state index is 13.7. The van der Waals surface area contributed by atoms with Crippen LogP contribution in [0.4, 0.5) is 10.1 Å². The Bertz CT molecular complexity index is 1300. The lowest BCUT2D eigenvalue weighted by atomic mass is 10.0. The predicted molar refractivity (Wildman–Crippen MR) is 139 cm³/mol. The van der Waals surface area contributed by atoms with Crippen LogP contribution in [0.3, 0.4) is 0 Å². The number of fused-ring (bicyclic) bond motifs is 1. The predicted octanol–water partition coefficient (Wildman–Crippen LogP) is 7.41. The third-order valence-electron chi connectivity index (χ3n) is 6.34. The molecule has 0 atom stereocenters. The molecule has 4 aromatic rings. The van der Waals surface area contributed by atoms with Crippen molar-refractivity contribution < 1.29 is 13.9 Å². The number of nitrogens with zero attached hydrogens (tertiary/aromatic N) is 1. The third kappa shape index (κ3) is 5.55. The molecule has 176 valence electrons. The number of allylic oxidation sites excluding steroid dienone is 1. The number of hydrogen-bond donors (Lipinski definition) is 0. The van der Waals surface area contributed by atoms with Gasteiger partial charge in [-0.1, -0.05) is 48.5 Å². The molecule has 0 spiro atoms. The fourth-order valence-electron chi connectivity index (χ4n) is 4.41. The first-order valence-corrected chi connectivity index (χ1v) is 11.8. The lowest BCUT2D eigenvalue weighted by Crippen LogP contribution is -2.20. The Hall–Kier alpha value is -4.05. The second-order valence-corrected chi connectivity index (χ2v) is 8.68. The summed E-state index contributed by atoms with van der Waals surface area (Å²) in [4.78, 5) is 2.28. The first kappa shape index (κ1) is 22.7. The molecule has 1 aliphatic heterocycles. The molecule has 0 aliphatic carbocycles. The summed E-state index contributed by atoms with van der Waals surface area (Å²) in [7, 11) is 1.70. The summed E-state index contributed by atoms with van der Waals surface area (Å²) in [5.41, 5.74) is 6.94. The molecule has 3 nitrogen and oxygen atoms in total. The van der Waals surface area contributed by atoms with Crippen LogP contribution in [-0.4, -0.2) is 7.11 Å². The van der Waals surface area contributed by atoms with Gasteiger partial charge in [0.05, 0.1) is 7.11 Å². The molecule has 0 saturated carbocycles. The Balaban J connectivity index is 1.40. The molecule has 35 heavy (non-hydrogen) atoms. The van der Waals surface area contributed by atoms with Gasteiger partial charge in [0, 0.05) is 17.9 Å². The van der Waals surface area contributed by atoms with E-state index >= 15 is 0 Å². The van der Waals surface area contributed by atoms with Crippen LogP contribution in [0, 0.1) is 5.82 Å². The van der Waals surface area contributed by atoms with Gasteiger partial charge < -0.3 is 14.4 Å². The Morgan fingerprint density at radius 1 is 0.800 bits per heavy atom. The van der Waals surface area contributed by atoms with E-state index < -0.39 is 0 Å². The van der Waals surface area contributed by atoms with Crippen LogP contribution in [0.1, 0.15) is 28.7 Å². The quantitative estimate of drug-likeness (QED) is 0.296. The number of anilines is 1. The summed E-state index contributed by atoms with van der Waals surface area (Å²) in [6.07, 6.45) is 3.99. The number of hydrogen-bond acceptors (Lipinski definition) is 3. The van der Waals surface area contributed by atoms with Crippen molar-refractivity contribution in [1.29, 1.82) is 0 Å². The van der Waals surface area contributed by atoms with Crippen LogP contribution in [0.5, 0.6) is 11.5 Å². The minimum absolute atomic E-state index is 0.231. The fraction of sp³-hybridized carbons (Fsp3) is 0.161. The van der Waals surface area contributed by atoms with E-state index in [2.05, 4.69) is 47.4 Å². The molecule has 0 unspecified atom stereocenters. The number of methoxy groups -OCH3 is 1. The van der Waals surface area contributed by atoms with Gasteiger partial charge in [-0.05, 0) is 89.7 Å². The van der Waals surface area contributed by atoms with E-state index in [1.807, 2.05) is 48.5 Å². The van der Waals surface area contributed by atoms with Gasteiger partial charge in [-0.3, -0.25) is 0 Å². The second kappa shape index (κ2) is 10.5. The second-order valence-electron chi connectivity index (χ2n) is 8.68. The zero-order chi connectivity index (χ0) is 24.0. The molecule has 0 N–H and O–H groups in total. The van der Waals surface area contributed by atoms with E-state index in [0.717, 1.165) is 47.7 Å². The smallest absolute Gasteiger partial charge is 0.123 e. The zero-order valence-corrected chi connectivity index (χ0v) is 19.8. The highest BCUT2D eigenvalue weighted by Crippen LogP contribution is 2.33. The Labute approximate surface area is 206 Å². The highest BCUT2D eigenvalue weighted by Gasteiger charge is 2.20. The molecule has 0 bridgehead atoms. The molecular weight excluding hydrogens is 437 g/mol. The van der Waals surface area contributed by atoms with Crippen LogP contribution in [0.15, 0.2) is 103 Å². The largest absolute Gasteiger partial charge is 0.497 e. The fourth-order valence-corrected chi connectivity index (χ4v) is 4.41. The Morgan fingerprint density at radius 3 is 2.29 bits per heavy atom. The average molecular weight is 466 g/mol. The van der Waals surface area contributed by atoms with Crippen molar-refractivity contribution in [1.82, 2.24) is 0 Å². The Morgan fingerprint density at radius 2 is 1.54 bits per heavy atom. The number of ether oxygens (including phenoxy) is 2. The summed E-state index contributed by atoms with van der Waals surface area (Å²) in [5, 5.41) is 0. The standard InChI is InChI=1S/C31H28FNO2/c1-34-31-18-10-26-21-33(28-14-11-27(32)12-15-28)29(13-9-25(26)20-31)19-23-7-16-30(17-8-23)35-22-24-5-3-2-4-6-24/h2-8,10-12,14-20H,9,13,21-22H2,1H3. The molecule has 0 fully saturated rings. The van der Waals surface area contributed by atoms with E-state index in [1.54, 1.807) is 7.11 Å². The van der Waals surface area contributed by atoms with Gasteiger partial charge in [0.15, 0.2) is 0 Å². The number of aryl methyl sites for hydroxylation is 1. The normalized spacial score (nSPS) is 14.3. The van der Waals surface area contributed by atoms with Crippen molar-refractivity contribution in [2.24, 2.45) is 0 Å². The monoisotopic (exact) mass is 465 g/mol. The molecule has 5 rings (SSSR count). The van der Waals surface area contributed by atoms with Crippen molar-refractivity contribution in [3.05, 3.63) is 131 Å². The van der Waals surface area contributed by atoms with Gasteiger partial charge in [0.2, 0.25) is 0 Å². The molecule has 0 amide bonds. The van der Waals surface area contributed by atoms with Crippen LogP contribution in [0.2, 0.25) is 0 Å². The van der Waals surface area contributed by atoms with Gasteiger partial charge >= 0.3 is 0 Å². The lowest BCUT2D eigenvalue weighted by molar-refractivity contribution is 0.306. The van der Waals surface area contributed by atoms with E-state index in [1.165, 1.54) is 29.0 Å². The van der Waals surface area contributed by atoms with Gasteiger partial charge in [0.25, 0.3) is 0 Å². The molecule has 1 aliphatic rings. The van der Waals surface area contributed by atoms with Crippen molar-refractivity contribution in [3.8, 4) is 11.5 Å². The van der Waals surface area contributed by atoms with Crippen LogP contribution < -0.4 is 14.4 Å². The first-order valence-electron chi connectivity index (χ1n) is 11.8. The summed E-state index contributed by atoms with van der Waals surface area (Å²) in [5.74, 6) is 1.48. The number of benzene rings is 4. The minimum atomic E-state index is -0.231. The highest BCUT2D eigenvalue weighted by molar-refractivity contribution is 5.64. The first-order chi connectivity index (χ1) is 17.2. The van der Waals surface area contributed by atoms with E-state index in [0.29, 0.717) is 6.61 Å². The summed E-state index contributed by atoms with van der Waals surface area (Å²) in [6.45, 7) is 1.26. The van der Waals surface area contributed by atoms with Crippen molar-refractivity contribution >= 4 is 11.8 Å². The molecule has 4 heteroatoms. The SMILES string of the molecule is COc1ccc2c(c1)CCC(=Cc1ccc(OCc3ccccc3)cc1)N(c1ccc(F)cc1)C2. The van der Waals surface area contributed by atoms with E-state index in [4.69, 9.17) is 9.47 Å². The molecular formula is C31H28FNO2. The number of rotatable bonds is 6. The summed E-state index contributed by atoms with van der Waals surface area (Å²) >= 11 is 0. The van der Waals surface area contributed by atoms with Crippen molar-refractivity contribution in [3.63, 3.8) is 0 Å². The maximum Gasteiger partial charge on any atom is 0.123 e. The number of halogens is 1. The topological polar surface area (TPSA) is 21.7 Å². The van der Waals surface area contributed by atoms with Gasteiger partial charge in [0.1, 0.15) is 23.9 Å². The van der Waals surface area contributed by atoms with Crippen LogP contribution >= 0.6 is 0 Å². The van der Waals surface area contributed by atoms with E-state index in [9.17, 15) is 4.39 Å². The molecule has 4 aromatic carbocycles. The molecule has 0 radical (unpaired) electrons. The third-order valence-corrected chi connectivity index (χ3v) is 6.34. The summed E-state index contributed by atoms with van der Waals surface area (Å²) < 4.78 is 25.0. The molecule has 0 saturated heterocycles. The van der Waals surface area contributed by atoms with Crippen LogP contribution in [-0.2, 0) is 19.6 Å². The summed E-state index contributed by atoms with van der Waals surface area (Å²) in [6, 6.07) is 31.3. The molecule has 0 aromatic heterocycles. The Kier molecular flexibility index (Phi) is 6.80. The van der Waals surface area contributed by atoms with Gasteiger partial charge in [-0.15, -0.1) is 0 Å². The lowest BCUT2D eigenvalue weighted by Gasteiger charge is -2.26.